The fourth-order valence-electron chi connectivity index (χ4n) is 2.01. The highest BCUT2D eigenvalue weighted by atomic mass is 19.1. The van der Waals surface area contributed by atoms with Crippen LogP contribution >= 0.6 is 0 Å². The predicted octanol–water partition coefficient (Wildman–Crippen LogP) is 2.12. The van der Waals surface area contributed by atoms with Gasteiger partial charge in [0.2, 0.25) is 5.91 Å². The van der Waals surface area contributed by atoms with Crippen molar-refractivity contribution in [3.8, 4) is 5.75 Å². The van der Waals surface area contributed by atoms with Gasteiger partial charge in [0.25, 0.3) is 5.91 Å². The Morgan fingerprint density at radius 2 is 2.04 bits per heavy atom. The lowest BCUT2D eigenvalue weighted by molar-refractivity contribution is -0.115. The molecule has 0 fully saturated rings. The second kappa shape index (κ2) is 8.84. The minimum Gasteiger partial charge on any atom is -0.488 e. The maximum absolute atomic E-state index is 13.9. The number of methoxy groups -OCH3 is 1. The van der Waals surface area contributed by atoms with E-state index in [1.54, 1.807) is 6.92 Å². The third-order valence-electron chi connectivity index (χ3n) is 3.27. The molecular formula is C17H19FN2O5. The Bertz CT molecular complexity index is 744. The Balaban J connectivity index is 1.85. The molecule has 0 aliphatic heterocycles. The fourth-order valence-corrected chi connectivity index (χ4v) is 2.01. The summed E-state index contributed by atoms with van der Waals surface area (Å²) < 4.78 is 28.9. The number of rotatable bonds is 8. The van der Waals surface area contributed by atoms with Gasteiger partial charge < -0.3 is 24.5 Å². The third-order valence-corrected chi connectivity index (χ3v) is 3.27. The van der Waals surface area contributed by atoms with E-state index < -0.39 is 17.6 Å². The Morgan fingerprint density at radius 3 is 2.68 bits per heavy atom. The molecule has 25 heavy (non-hydrogen) atoms. The summed E-state index contributed by atoms with van der Waals surface area (Å²) in [5.74, 6) is -0.980. The summed E-state index contributed by atoms with van der Waals surface area (Å²) in [4.78, 5) is 23.7. The highest BCUT2D eigenvalue weighted by Gasteiger charge is 2.13. The van der Waals surface area contributed by atoms with E-state index in [4.69, 9.17) is 13.9 Å². The Kier molecular flexibility index (Phi) is 6.53. The number of anilines is 1. The van der Waals surface area contributed by atoms with Crippen molar-refractivity contribution in [1.82, 2.24) is 5.32 Å². The van der Waals surface area contributed by atoms with Crippen molar-refractivity contribution in [2.75, 3.05) is 32.2 Å². The minimum atomic E-state index is -0.605. The fraction of sp³-hybridized carbons (Fsp3) is 0.294. The number of benzene rings is 1. The van der Waals surface area contributed by atoms with Crippen LogP contribution in [0.25, 0.3) is 0 Å². The molecule has 2 N–H and O–H groups in total. The molecule has 0 radical (unpaired) electrons. The number of furan rings is 1. The zero-order chi connectivity index (χ0) is 18.2. The van der Waals surface area contributed by atoms with Gasteiger partial charge in [-0.25, -0.2) is 4.39 Å². The quantitative estimate of drug-likeness (QED) is 0.712. The molecule has 2 amide bonds. The molecule has 7 nitrogen and oxygen atoms in total. The van der Waals surface area contributed by atoms with Crippen molar-refractivity contribution in [1.29, 1.82) is 0 Å². The molecule has 1 aromatic heterocycles. The van der Waals surface area contributed by atoms with Crippen LogP contribution in [0.5, 0.6) is 5.75 Å². The van der Waals surface area contributed by atoms with Gasteiger partial charge in [-0.1, -0.05) is 0 Å². The lowest BCUT2D eigenvalue weighted by atomic mass is 10.2. The van der Waals surface area contributed by atoms with Crippen LogP contribution in [0, 0.1) is 12.7 Å². The standard InChI is InChI=1S/C17H19FN2O5/c1-11-13(5-6-24-11)17(22)19-10-16(21)20-12-3-4-15(14(18)9-12)25-8-7-23-2/h3-6,9H,7-8,10H2,1-2H3,(H,19,22)(H,20,21). The smallest absolute Gasteiger partial charge is 0.255 e. The average Bonchev–Trinajstić information content (AvgIpc) is 3.01. The summed E-state index contributed by atoms with van der Waals surface area (Å²) >= 11 is 0. The zero-order valence-corrected chi connectivity index (χ0v) is 13.9. The number of hydrogen-bond donors (Lipinski definition) is 2. The van der Waals surface area contributed by atoms with Gasteiger partial charge in [-0.15, -0.1) is 0 Å². The van der Waals surface area contributed by atoms with E-state index >= 15 is 0 Å². The van der Waals surface area contributed by atoms with E-state index in [1.165, 1.54) is 31.6 Å². The molecule has 134 valence electrons. The van der Waals surface area contributed by atoms with E-state index in [0.717, 1.165) is 6.07 Å². The summed E-state index contributed by atoms with van der Waals surface area (Å²) in [6.07, 6.45) is 1.39. The van der Waals surface area contributed by atoms with Crippen LogP contribution in [-0.2, 0) is 9.53 Å². The summed E-state index contributed by atoms with van der Waals surface area (Å²) in [5.41, 5.74) is 0.617. The van der Waals surface area contributed by atoms with E-state index in [9.17, 15) is 14.0 Å². The maximum atomic E-state index is 13.9. The summed E-state index contributed by atoms with van der Waals surface area (Å²) in [5, 5.41) is 4.96. The average molecular weight is 350 g/mol. The predicted molar refractivity (Wildman–Crippen MR) is 88.2 cm³/mol. The summed E-state index contributed by atoms with van der Waals surface area (Å²) in [6.45, 7) is 1.96. The van der Waals surface area contributed by atoms with Crippen LogP contribution < -0.4 is 15.4 Å². The second-order valence-corrected chi connectivity index (χ2v) is 5.11. The topological polar surface area (TPSA) is 89.8 Å². The van der Waals surface area contributed by atoms with Crippen LogP contribution in [0.4, 0.5) is 10.1 Å². The number of halogens is 1. The summed E-state index contributed by atoms with van der Waals surface area (Å²) in [6, 6.07) is 5.57. The number of nitrogens with one attached hydrogen (secondary N) is 2. The number of carbonyl (C=O) groups excluding carboxylic acids is 2. The molecule has 0 bridgehead atoms. The first-order chi connectivity index (χ1) is 12.0. The Labute approximate surface area is 144 Å². The number of aryl methyl sites for hydroxylation is 1. The molecule has 2 rings (SSSR count). The molecule has 0 saturated heterocycles. The zero-order valence-electron chi connectivity index (χ0n) is 13.9. The monoisotopic (exact) mass is 350 g/mol. The van der Waals surface area contributed by atoms with Gasteiger partial charge >= 0.3 is 0 Å². The van der Waals surface area contributed by atoms with E-state index in [0.29, 0.717) is 17.9 Å². The first-order valence-electron chi connectivity index (χ1n) is 7.54. The molecule has 0 atom stereocenters. The normalized spacial score (nSPS) is 10.4. The Morgan fingerprint density at radius 1 is 1.24 bits per heavy atom. The van der Waals surface area contributed by atoms with E-state index in [1.807, 2.05) is 0 Å². The molecule has 0 spiro atoms. The van der Waals surface area contributed by atoms with Crippen LogP contribution in [0.15, 0.2) is 34.9 Å². The first-order valence-corrected chi connectivity index (χ1v) is 7.54. The largest absolute Gasteiger partial charge is 0.488 e. The van der Waals surface area contributed by atoms with Crippen molar-refractivity contribution in [3.63, 3.8) is 0 Å². The number of amides is 2. The van der Waals surface area contributed by atoms with Gasteiger partial charge in [0.15, 0.2) is 11.6 Å². The van der Waals surface area contributed by atoms with Gasteiger partial charge in [-0.2, -0.15) is 0 Å². The molecule has 0 aliphatic rings. The number of ether oxygens (including phenoxy) is 2. The molecular weight excluding hydrogens is 331 g/mol. The van der Waals surface area contributed by atoms with Crippen LogP contribution in [-0.4, -0.2) is 38.7 Å². The lowest BCUT2D eigenvalue weighted by Gasteiger charge is -2.10. The first kappa shape index (κ1) is 18.5. The number of carbonyl (C=O) groups is 2. The lowest BCUT2D eigenvalue weighted by Crippen LogP contribution is -2.32. The van der Waals surface area contributed by atoms with Gasteiger partial charge in [0.1, 0.15) is 12.4 Å². The number of hydrogen-bond acceptors (Lipinski definition) is 5. The minimum absolute atomic E-state index is 0.0683. The van der Waals surface area contributed by atoms with Crippen molar-refractivity contribution in [3.05, 3.63) is 47.7 Å². The van der Waals surface area contributed by atoms with E-state index in [-0.39, 0.29) is 24.6 Å². The SMILES string of the molecule is COCCOc1ccc(NC(=O)CNC(=O)c2ccoc2C)cc1F. The molecule has 0 aliphatic carbocycles. The molecule has 0 saturated carbocycles. The molecule has 8 heteroatoms. The molecule has 1 aromatic carbocycles. The molecule has 2 aromatic rings. The highest BCUT2D eigenvalue weighted by Crippen LogP contribution is 2.21. The van der Waals surface area contributed by atoms with Crippen molar-refractivity contribution in [2.24, 2.45) is 0 Å². The van der Waals surface area contributed by atoms with E-state index in [2.05, 4.69) is 10.6 Å². The van der Waals surface area contributed by atoms with Crippen LogP contribution in [0.3, 0.4) is 0 Å². The molecule has 0 unspecified atom stereocenters. The van der Waals surface area contributed by atoms with Crippen molar-refractivity contribution < 1.29 is 27.9 Å². The third kappa shape index (κ3) is 5.32. The van der Waals surface area contributed by atoms with Gasteiger partial charge in [0, 0.05) is 18.9 Å². The Hall–Kier alpha value is -2.87. The van der Waals surface area contributed by atoms with Crippen molar-refractivity contribution in [2.45, 2.75) is 6.92 Å². The molecule has 1 heterocycles. The summed E-state index contributed by atoms with van der Waals surface area (Å²) in [7, 11) is 1.52. The van der Waals surface area contributed by atoms with Crippen LogP contribution in [0.2, 0.25) is 0 Å². The van der Waals surface area contributed by atoms with Crippen molar-refractivity contribution >= 4 is 17.5 Å². The van der Waals surface area contributed by atoms with Gasteiger partial charge in [0.05, 0.1) is 25.0 Å². The maximum Gasteiger partial charge on any atom is 0.255 e. The highest BCUT2D eigenvalue weighted by molar-refractivity contribution is 5.99. The van der Waals surface area contributed by atoms with Crippen LogP contribution in [0.1, 0.15) is 16.1 Å². The van der Waals surface area contributed by atoms with Gasteiger partial charge in [-0.3, -0.25) is 9.59 Å². The van der Waals surface area contributed by atoms with Gasteiger partial charge in [-0.05, 0) is 25.1 Å². The second-order valence-electron chi connectivity index (χ2n) is 5.11.